The van der Waals surface area contributed by atoms with E-state index >= 15 is 0 Å². The molecule has 0 bridgehead atoms. The van der Waals surface area contributed by atoms with Gasteiger partial charge in [-0.25, -0.2) is 17.6 Å². The number of aliphatic imine (C=N–C) groups is 1. The number of amides is 2. The molecule has 0 spiro atoms. The van der Waals surface area contributed by atoms with Crippen LogP contribution >= 0.6 is 0 Å². The van der Waals surface area contributed by atoms with Crippen LogP contribution in [0.3, 0.4) is 0 Å². The minimum atomic E-state index is -1.01. The molecule has 0 fully saturated rings. The highest BCUT2D eigenvalue weighted by Crippen LogP contribution is 2.28. The van der Waals surface area contributed by atoms with Crippen LogP contribution in [-0.2, 0) is 0 Å². The number of nitrogens with zero attached hydrogens (tertiary/aromatic N) is 1. The van der Waals surface area contributed by atoms with Crippen molar-refractivity contribution in [2.45, 2.75) is 0 Å². The fourth-order valence-corrected chi connectivity index (χ4v) is 3.16. The van der Waals surface area contributed by atoms with Gasteiger partial charge in [0, 0.05) is 11.6 Å². The van der Waals surface area contributed by atoms with E-state index in [0.717, 1.165) is 30.3 Å². The molecule has 0 unspecified atom stereocenters. The van der Waals surface area contributed by atoms with E-state index in [1.807, 2.05) is 0 Å². The maximum atomic E-state index is 13.9. The maximum absolute atomic E-state index is 13.9. The Bertz CT molecular complexity index is 1540. The molecule has 6 N–H and O–H groups in total. The molecule has 194 valence electrons. The highest BCUT2D eigenvalue weighted by Gasteiger charge is 2.18. The summed E-state index contributed by atoms with van der Waals surface area (Å²) < 4.78 is 65.1. The predicted octanol–water partition coefficient (Wildman–Crippen LogP) is 3.68. The van der Waals surface area contributed by atoms with E-state index in [4.69, 9.17) is 20.0 Å². The number of rotatable bonds is 4. The van der Waals surface area contributed by atoms with Crippen molar-refractivity contribution in [1.29, 1.82) is 5.41 Å². The molecular weight excluding hydrogens is 512 g/mol. The van der Waals surface area contributed by atoms with Crippen LogP contribution in [0.1, 0.15) is 21.1 Å². The lowest BCUT2D eigenvalue weighted by Crippen LogP contribution is -2.51. The second-order valence-electron chi connectivity index (χ2n) is 7.46. The van der Waals surface area contributed by atoms with Crippen LogP contribution in [0.15, 0.2) is 74.5 Å². The summed E-state index contributed by atoms with van der Waals surface area (Å²) in [6.45, 7) is 0. The largest absolute Gasteiger partial charge is 0.451 e. The lowest BCUT2D eigenvalue weighted by atomic mass is 10.1. The fraction of sp³-hybridized carbons (Fsp3) is 0. The van der Waals surface area contributed by atoms with Gasteiger partial charge in [0.2, 0.25) is 11.9 Å². The fourth-order valence-electron chi connectivity index (χ4n) is 3.16. The van der Waals surface area contributed by atoms with E-state index in [1.54, 1.807) is 0 Å². The number of furan rings is 2. The molecule has 14 heteroatoms. The summed E-state index contributed by atoms with van der Waals surface area (Å²) in [6, 6.07) is 10.8. The smallest absolute Gasteiger partial charge is 0.315 e. The highest BCUT2D eigenvalue weighted by molar-refractivity contribution is 6.04. The second kappa shape index (κ2) is 10.7. The highest BCUT2D eigenvalue weighted by atomic mass is 19.1. The van der Waals surface area contributed by atoms with Gasteiger partial charge in [-0.1, -0.05) is 6.07 Å². The first-order valence-electron chi connectivity index (χ1n) is 10.5. The minimum Gasteiger partial charge on any atom is -0.451 e. The number of halogens is 4. The van der Waals surface area contributed by atoms with E-state index in [-0.39, 0.29) is 28.6 Å². The SMILES string of the molecule is N=C(NNC(N)=NC(=O)c1ccc(-c2c(F)cccc2F)o1)NC(=O)c1ccc(-c2cc(F)cc(F)c2)o1. The Kier molecular flexibility index (Phi) is 7.23. The summed E-state index contributed by atoms with van der Waals surface area (Å²) >= 11 is 0. The summed E-state index contributed by atoms with van der Waals surface area (Å²) in [5.74, 6) is -7.37. The Morgan fingerprint density at radius 2 is 1.42 bits per heavy atom. The van der Waals surface area contributed by atoms with E-state index in [9.17, 15) is 27.2 Å². The molecule has 10 nitrogen and oxygen atoms in total. The Morgan fingerprint density at radius 1 is 0.816 bits per heavy atom. The molecule has 38 heavy (non-hydrogen) atoms. The number of hydrazine groups is 1. The van der Waals surface area contributed by atoms with Crippen molar-refractivity contribution in [3.05, 3.63) is 95.5 Å². The third kappa shape index (κ3) is 5.87. The molecule has 0 saturated carbocycles. The van der Waals surface area contributed by atoms with E-state index < -0.39 is 52.6 Å². The van der Waals surface area contributed by atoms with Crippen molar-refractivity contribution in [2.24, 2.45) is 10.7 Å². The van der Waals surface area contributed by atoms with Crippen LogP contribution < -0.4 is 21.9 Å². The van der Waals surface area contributed by atoms with Gasteiger partial charge in [-0.2, -0.15) is 4.99 Å². The average Bonchev–Trinajstić information content (AvgIpc) is 3.53. The first-order valence-corrected chi connectivity index (χ1v) is 10.5. The standard InChI is InChI=1S/C24H16F4N6O4/c25-12-8-11(9-13(26)10-12)16-4-6-18(37-16)21(35)31-23(29)33-34-24(30)32-22(36)19-7-5-17(38-19)20-14(27)2-1-3-15(20)28/h1-10H,(H3,29,31,33,35)(H3,30,32,34,36). The van der Waals surface area contributed by atoms with Gasteiger partial charge in [0.05, 0.1) is 5.56 Å². The predicted molar refractivity (Wildman–Crippen MR) is 126 cm³/mol. The van der Waals surface area contributed by atoms with Crippen molar-refractivity contribution < 1.29 is 36.0 Å². The molecule has 0 radical (unpaired) electrons. The zero-order chi connectivity index (χ0) is 27.4. The Hall–Kier alpha value is -5.40. The van der Waals surface area contributed by atoms with E-state index in [2.05, 4.69) is 21.2 Å². The second-order valence-corrected chi connectivity index (χ2v) is 7.46. The number of hydrogen-bond donors (Lipinski definition) is 5. The molecule has 0 aliphatic carbocycles. The van der Waals surface area contributed by atoms with Gasteiger partial charge in [0.15, 0.2) is 11.5 Å². The van der Waals surface area contributed by atoms with Crippen molar-refractivity contribution in [3.8, 4) is 22.6 Å². The van der Waals surface area contributed by atoms with Gasteiger partial charge in [0.1, 0.15) is 34.8 Å². The molecule has 4 rings (SSSR count). The van der Waals surface area contributed by atoms with Crippen LogP contribution in [-0.4, -0.2) is 23.7 Å². The molecular formula is C24H16F4N6O4. The van der Waals surface area contributed by atoms with Crippen LogP contribution in [0.25, 0.3) is 22.6 Å². The number of nitrogens with one attached hydrogen (secondary N) is 4. The van der Waals surface area contributed by atoms with Gasteiger partial charge in [0.25, 0.3) is 5.91 Å². The van der Waals surface area contributed by atoms with Crippen LogP contribution in [0, 0.1) is 28.7 Å². The molecule has 4 aromatic rings. The number of carbonyl (C=O) groups is 2. The summed E-state index contributed by atoms with van der Waals surface area (Å²) in [7, 11) is 0. The van der Waals surface area contributed by atoms with Crippen molar-refractivity contribution >= 4 is 23.7 Å². The number of benzene rings is 2. The van der Waals surface area contributed by atoms with E-state index in [1.165, 1.54) is 24.3 Å². The molecule has 0 aliphatic heterocycles. The zero-order valence-electron chi connectivity index (χ0n) is 18.9. The molecule has 2 aromatic carbocycles. The average molecular weight is 528 g/mol. The third-order valence-electron chi connectivity index (χ3n) is 4.78. The Labute approximate surface area is 210 Å². The molecule has 0 atom stereocenters. The first kappa shape index (κ1) is 25.7. The van der Waals surface area contributed by atoms with Gasteiger partial charge < -0.3 is 14.6 Å². The van der Waals surface area contributed by atoms with Gasteiger partial charge >= 0.3 is 5.91 Å². The molecule has 2 heterocycles. The number of carbonyl (C=O) groups excluding carboxylic acids is 2. The summed E-state index contributed by atoms with van der Waals surface area (Å²) in [6.07, 6.45) is 0. The normalized spacial score (nSPS) is 11.2. The molecule has 0 aliphatic rings. The Morgan fingerprint density at radius 3 is 2.11 bits per heavy atom. The van der Waals surface area contributed by atoms with Crippen LogP contribution in [0.2, 0.25) is 0 Å². The van der Waals surface area contributed by atoms with Crippen molar-refractivity contribution in [3.63, 3.8) is 0 Å². The molecule has 2 aromatic heterocycles. The Balaban J connectivity index is 1.32. The summed E-state index contributed by atoms with van der Waals surface area (Å²) in [5.41, 5.74) is 9.51. The maximum Gasteiger partial charge on any atom is 0.315 e. The van der Waals surface area contributed by atoms with Crippen molar-refractivity contribution in [1.82, 2.24) is 16.2 Å². The van der Waals surface area contributed by atoms with Crippen molar-refractivity contribution in [2.75, 3.05) is 0 Å². The number of guanidine groups is 2. The third-order valence-corrected chi connectivity index (χ3v) is 4.78. The zero-order valence-corrected chi connectivity index (χ0v) is 18.9. The molecule has 0 saturated heterocycles. The van der Waals surface area contributed by atoms with E-state index in [0.29, 0.717) is 6.07 Å². The quantitative estimate of drug-likeness (QED) is 0.117. The lowest BCUT2D eigenvalue weighted by Gasteiger charge is -2.09. The van der Waals surface area contributed by atoms with Gasteiger partial charge in [-0.3, -0.25) is 31.2 Å². The van der Waals surface area contributed by atoms with Crippen LogP contribution in [0.4, 0.5) is 17.6 Å². The first-order chi connectivity index (χ1) is 18.1. The van der Waals surface area contributed by atoms with Crippen LogP contribution in [0.5, 0.6) is 0 Å². The number of hydrogen-bond acceptors (Lipinski definition) is 5. The van der Waals surface area contributed by atoms with Gasteiger partial charge in [-0.05, 0) is 48.5 Å². The van der Waals surface area contributed by atoms with Gasteiger partial charge in [-0.15, -0.1) is 0 Å². The monoisotopic (exact) mass is 528 g/mol. The minimum absolute atomic E-state index is 0.0138. The topological polar surface area (TPSA) is 159 Å². The summed E-state index contributed by atoms with van der Waals surface area (Å²) in [4.78, 5) is 28.0. The summed E-state index contributed by atoms with van der Waals surface area (Å²) in [5, 5.41) is 9.84. The molecule has 2 amide bonds. The lowest BCUT2D eigenvalue weighted by molar-refractivity contribution is 0.0946. The number of nitrogens with two attached hydrogens (primary N) is 1.